The van der Waals surface area contributed by atoms with Gasteiger partial charge in [-0.3, -0.25) is 0 Å². The maximum Gasteiger partial charge on any atom is 0.212 e. The van der Waals surface area contributed by atoms with Crippen molar-refractivity contribution in [2.75, 3.05) is 7.11 Å². The van der Waals surface area contributed by atoms with Gasteiger partial charge in [-0.1, -0.05) is 17.7 Å². The first-order valence-electron chi connectivity index (χ1n) is 6.15. The van der Waals surface area contributed by atoms with Crippen LogP contribution in [0, 0.1) is 10.6 Å². The second-order valence-corrected chi connectivity index (χ2v) is 5.30. The van der Waals surface area contributed by atoms with Gasteiger partial charge in [-0.15, -0.1) is 0 Å². The Morgan fingerprint density at radius 1 is 1.43 bits per heavy atom. The normalized spacial score (nSPS) is 11.0. The van der Waals surface area contributed by atoms with Crippen LogP contribution < -0.4 is 4.74 Å². The number of imidazole rings is 1. The van der Waals surface area contributed by atoms with E-state index in [9.17, 15) is 4.39 Å². The van der Waals surface area contributed by atoms with Crippen molar-refractivity contribution in [2.24, 2.45) is 0 Å². The van der Waals surface area contributed by atoms with Crippen LogP contribution in [0.3, 0.4) is 0 Å². The number of methoxy groups -OCH3 is 1. The van der Waals surface area contributed by atoms with Crippen LogP contribution in [-0.2, 0) is 6.54 Å². The SMILES string of the molecule is COc1ccc(Cn2c(=S)[nH]c3cc(F)c(Cl)cc32)cn1. The van der Waals surface area contributed by atoms with Gasteiger partial charge in [0.1, 0.15) is 5.82 Å². The molecule has 3 aromatic rings. The number of rotatable bonds is 3. The molecule has 0 aliphatic heterocycles. The highest BCUT2D eigenvalue weighted by molar-refractivity contribution is 7.71. The van der Waals surface area contributed by atoms with Crippen LogP contribution in [0.15, 0.2) is 30.5 Å². The Labute approximate surface area is 130 Å². The third-order valence-corrected chi connectivity index (χ3v) is 3.78. The molecule has 0 aliphatic carbocycles. The smallest absolute Gasteiger partial charge is 0.212 e. The predicted molar refractivity (Wildman–Crippen MR) is 82.0 cm³/mol. The fourth-order valence-corrected chi connectivity index (χ4v) is 2.55. The van der Waals surface area contributed by atoms with Crippen LogP contribution in [0.1, 0.15) is 5.56 Å². The lowest BCUT2D eigenvalue weighted by Crippen LogP contribution is -2.00. The minimum Gasteiger partial charge on any atom is -0.481 e. The lowest BCUT2D eigenvalue weighted by Gasteiger charge is -2.06. The highest BCUT2D eigenvalue weighted by Crippen LogP contribution is 2.23. The number of pyridine rings is 1. The Hall–Kier alpha value is -1.92. The Bertz CT molecular complexity index is 857. The second-order valence-electron chi connectivity index (χ2n) is 4.51. The number of aromatic nitrogens is 3. The molecule has 3 rings (SSSR count). The molecule has 0 unspecified atom stereocenters. The largest absolute Gasteiger partial charge is 0.481 e. The van der Waals surface area contributed by atoms with E-state index in [1.807, 2.05) is 10.6 Å². The summed E-state index contributed by atoms with van der Waals surface area (Å²) in [5.41, 5.74) is 2.32. The summed E-state index contributed by atoms with van der Waals surface area (Å²) >= 11 is 11.1. The highest BCUT2D eigenvalue weighted by Gasteiger charge is 2.09. The average molecular weight is 324 g/mol. The predicted octanol–water partition coefficient (Wildman–Crippen LogP) is 3.94. The zero-order valence-electron chi connectivity index (χ0n) is 11.1. The molecule has 1 aromatic carbocycles. The first kappa shape index (κ1) is 14.0. The van der Waals surface area contributed by atoms with E-state index in [0.717, 1.165) is 11.1 Å². The highest BCUT2D eigenvalue weighted by atomic mass is 35.5. The fraction of sp³-hybridized carbons (Fsp3) is 0.143. The van der Waals surface area contributed by atoms with Crippen molar-refractivity contribution in [3.05, 3.63) is 51.6 Å². The zero-order valence-corrected chi connectivity index (χ0v) is 12.6. The van der Waals surface area contributed by atoms with Crippen molar-refractivity contribution in [3.63, 3.8) is 0 Å². The lowest BCUT2D eigenvalue weighted by molar-refractivity contribution is 0.397. The summed E-state index contributed by atoms with van der Waals surface area (Å²) in [6, 6.07) is 6.59. The number of hydrogen-bond acceptors (Lipinski definition) is 3. The first-order valence-corrected chi connectivity index (χ1v) is 6.93. The van der Waals surface area contributed by atoms with Crippen LogP contribution >= 0.6 is 23.8 Å². The van der Waals surface area contributed by atoms with E-state index >= 15 is 0 Å². The molecule has 0 aliphatic rings. The Morgan fingerprint density at radius 3 is 2.90 bits per heavy atom. The molecule has 4 nitrogen and oxygen atoms in total. The summed E-state index contributed by atoms with van der Waals surface area (Å²) in [5, 5.41) is 0.0677. The summed E-state index contributed by atoms with van der Waals surface area (Å²) in [4.78, 5) is 7.13. The zero-order chi connectivity index (χ0) is 15.0. The van der Waals surface area contributed by atoms with Crippen LogP contribution in [-0.4, -0.2) is 21.6 Å². The number of aromatic amines is 1. The quantitative estimate of drug-likeness (QED) is 0.742. The van der Waals surface area contributed by atoms with Gasteiger partial charge >= 0.3 is 0 Å². The molecule has 0 saturated carbocycles. The summed E-state index contributed by atoms with van der Waals surface area (Å²) in [6.07, 6.45) is 1.71. The molecule has 1 N–H and O–H groups in total. The number of benzene rings is 1. The molecule has 0 atom stereocenters. The molecule has 0 amide bonds. The number of halogens is 2. The summed E-state index contributed by atoms with van der Waals surface area (Å²) in [7, 11) is 1.56. The Morgan fingerprint density at radius 2 is 2.24 bits per heavy atom. The molecular weight excluding hydrogens is 313 g/mol. The van der Waals surface area contributed by atoms with Crippen molar-refractivity contribution in [1.29, 1.82) is 0 Å². The van der Waals surface area contributed by atoms with Gasteiger partial charge in [-0.05, 0) is 23.8 Å². The van der Waals surface area contributed by atoms with Gasteiger partial charge < -0.3 is 14.3 Å². The topological polar surface area (TPSA) is 42.8 Å². The number of nitrogens with zero attached hydrogens (tertiary/aromatic N) is 2. The average Bonchev–Trinajstić information content (AvgIpc) is 2.76. The second kappa shape index (κ2) is 5.46. The van der Waals surface area contributed by atoms with Gasteiger partial charge in [0.05, 0.1) is 29.7 Å². The van der Waals surface area contributed by atoms with Gasteiger partial charge in [0.25, 0.3) is 0 Å². The number of fused-ring (bicyclic) bond motifs is 1. The van der Waals surface area contributed by atoms with Gasteiger partial charge in [0, 0.05) is 18.3 Å². The van der Waals surface area contributed by atoms with Crippen LogP contribution in [0.4, 0.5) is 4.39 Å². The molecular formula is C14H11ClFN3OS. The minimum absolute atomic E-state index is 0.0677. The van der Waals surface area contributed by atoms with Gasteiger partial charge in [-0.25, -0.2) is 9.37 Å². The van der Waals surface area contributed by atoms with Crippen molar-refractivity contribution < 1.29 is 9.13 Å². The molecule has 2 heterocycles. The third kappa shape index (κ3) is 2.64. The van der Waals surface area contributed by atoms with Crippen molar-refractivity contribution in [1.82, 2.24) is 14.5 Å². The summed E-state index contributed by atoms with van der Waals surface area (Å²) < 4.78 is 20.9. The van der Waals surface area contributed by atoms with E-state index in [1.165, 1.54) is 6.07 Å². The van der Waals surface area contributed by atoms with Crippen molar-refractivity contribution in [3.8, 4) is 5.88 Å². The molecule has 7 heteroatoms. The van der Waals surface area contributed by atoms with Crippen molar-refractivity contribution >= 4 is 34.9 Å². The fourth-order valence-electron chi connectivity index (χ4n) is 2.12. The van der Waals surface area contributed by atoms with E-state index in [-0.39, 0.29) is 5.02 Å². The summed E-state index contributed by atoms with van der Waals surface area (Å²) in [6.45, 7) is 0.512. The molecule has 0 spiro atoms. The van der Waals surface area contributed by atoms with E-state index in [0.29, 0.717) is 22.7 Å². The molecule has 21 heavy (non-hydrogen) atoms. The number of H-pyrrole nitrogens is 1. The van der Waals surface area contributed by atoms with Crippen LogP contribution in [0.5, 0.6) is 5.88 Å². The van der Waals surface area contributed by atoms with E-state index in [1.54, 1.807) is 25.4 Å². The van der Waals surface area contributed by atoms with Crippen LogP contribution in [0.25, 0.3) is 11.0 Å². The molecule has 0 saturated heterocycles. The monoisotopic (exact) mass is 323 g/mol. The standard InChI is InChI=1S/C14H11ClFN3OS/c1-20-13-3-2-8(6-17-13)7-19-12-4-9(15)10(16)5-11(12)18-14(19)21/h2-6H,7H2,1H3,(H,18,21). The Kier molecular flexibility index (Phi) is 3.65. The number of hydrogen-bond donors (Lipinski definition) is 1. The molecule has 108 valence electrons. The van der Waals surface area contributed by atoms with Gasteiger partial charge in [0.15, 0.2) is 4.77 Å². The summed E-state index contributed by atoms with van der Waals surface area (Å²) in [5.74, 6) is 0.0741. The number of nitrogens with one attached hydrogen (secondary N) is 1. The lowest BCUT2D eigenvalue weighted by atomic mass is 10.2. The maximum atomic E-state index is 13.5. The van der Waals surface area contributed by atoms with Crippen molar-refractivity contribution in [2.45, 2.75) is 6.54 Å². The molecule has 0 bridgehead atoms. The van der Waals surface area contributed by atoms with E-state index < -0.39 is 5.82 Å². The minimum atomic E-state index is -0.473. The number of ether oxygens (including phenoxy) is 1. The first-order chi connectivity index (χ1) is 10.1. The van der Waals surface area contributed by atoms with Gasteiger partial charge in [-0.2, -0.15) is 0 Å². The third-order valence-electron chi connectivity index (χ3n) is 3.16. The molecule has 2 aromatic heterocycles. The Balaban J connectivity index is 2.05. The van der Waals surface area contributed by atoms with Gasteiger partial charge in [0.2, 0.25) is 5.88 Å². The molecule has 0 radical (unpaired) electrons. The maximum absolute atomic E-state index is 13.5. The molecule has 0 fully saturated rings. The van der Waals surface area contributed by atoms with E-state index in [2.05, 4.69) is 9.97 Å². The van der Waals surface area contributed by atoms with Crippen LogP contribution in [0.2, 0.25) is 5.02 Å². The van der Waals surface area contributed by atoms with E-state index in [4.69, 9.17) is 28.6 Å².